The molecule has 0 radical (unpaired) electrons. The summed E-state index contributed by atoms with van der Waals surface area (Å²) in [5, 5.41) is 3.30. The molecule has 1 heterocycles. The van der Waals surface area contributed by atoms with Crippen molar-refractivity contribution in [3.05, 3.63) is 59.7 Å². The Morgan fingerprint density at radius 3 is 2.68 bits per heavy atom. The summed E-state index contributed by atoms with van der Waals surface area (Å²) in [5.41, 5.74) is 3.04. The lowest BCUT2D eigenvalue weighted by Gasteiger charge is -2.19. The van der Waals surface area contributed by atoms with Crippen molar-refractivity contribution in [2.45, 2.75) is 12.8 Å². The SMILES string of the molecule is COc1ccc(C(=O)CN=C2CCc3ccccc3N2)cc1. The summed E-state index contributed by atoms with van der Waals surface area (Å²) in [5.74, 6) is 1.63. The number of benzene rings is 2. The highest BCUT2D eigenvalue weighted by molar-refractivity contribution is 6.02. The molecule has 0 aliphatic carbocycles. The van der Waals surface area contributed by atoms with Gasteiger partial charge in [0.1, 0.15) is 18.1 Å². The molecule has 0 aromatic heterocycles. The summed E-state index contributed by atoms with van der Waals surface area (Å²) < 4.78 is 5.09. The van der Waals surface area contributed by atoms with Gasteiger partial charge in [0.05, 0.1) is 7.11 Å². The van der Waals surface area contributed by atoms with Gasteiger partial charge < -0.3 is 10.1 Å². The summed E-state index contributed by atoms with van der Waals surface area (Å²) in [6.45, 7) is 0.164. The van der Waals surface area contributed by atoms with Crippen LogP contribution < -0.4 is 10.1 Å². The third-order valence-electron chi connectivity index (χ3n) is 3.75. The normalized spacial score (nSPS) is 15.0. The van der Waals surface area contributed by atoms with E-state index in [0.29, 0.717) is 5.56 Å². The maximum atomic E-state index is 12.2. The molecule has 2 aromatic rings. The zero-order chi connectivity index (χ0) is 15.4. The average Bonchev–Trinajstić information content (AvgIpc) is 2.59. The van der Waals surface area contributed by atoms with Gasteiger partial charge >= 0.3 is 0 Å². The molecule has 0 unspecified atom stereocenters. The Morgan fingerprint density at radius 1 is 1.14 bits per heavy atom. The molecule has 22 heavy (non-hydrogen) atoms. The molecular formula is C18H18N2O2. The number of hydrogen-bond donors (Lipinski definition) is 1. The number of aryl methyl sites for hydroxylation is 1. The fourth-order valence-electron chi connectivity index (χ4n) is 2.49. The van der Waals surface area contributed by atoms with Crippen LogP contribution in [0.3, 0.4) is 0 Å². The maximum Gasteiger partial charge on any atom is 0.184 e. The largest absolute Gasteiger partial charge is 0.497 e. The van der Waals surface area contributed by atoms with E-state index < -0.39 is 0 Å². The van der Waals surface area contributed by atoms with Gasteiger partial charge in [0, 0.05) is 17.7 Å². The predicted octanol–water partition coefficient (Wildman–Crippen LogP) is 3.33. The summed E-state index contributed by atoms with van der Waals surface area (Å²) >= 11 is 0. The minimum atomic E-state index is 0.0100. The van der Waals surface area contributed by atoms with Crippen LogP contribution >= 0.6 is 0 Å². The number of nitrogens with one attached hydrogen (secondary N) is 1. The number of ether oxygens (including phenoxy) is 1. The minimum Gasteiger partial charge on any atom is -0.497 e. The maximum absolute atomic E-state index is 12.2. The fourth-order valence-corrected chi connectivity index (χ4v) is 2.49. The number of carbonyl (C=O) groups excluding carboxylic acids is 1. The molecule has 1 aliphatic rings. The third-order valence-corrected chi connectivity index (χ3v) is 3.75. The van der Waals surface area contributed by atoms with E-state index in [9.17, 15) is 4.79 Å². The van der Waals surface area contributed by atoms with Crippen molar-refractivity contribution < 1.29 is 9.53 Å². The molecule has 112 valence electrons. The van der Waals surface area contributed by atoms with Crippen molar-refractivity contribution in [2.24, 2.45) is 4.99 Å². The standard InChI is InChI=1S/C18H18N2O2/c1-22-15-9-6-14(7-10-15)17(21)12-19-18-11-8-13-4-2-3-5-16(13)20-18/h2-7,9-10H,8,11-12H2,1H3,(H,19,20). The number of amidine groups is 1. The summed E-state index contributed by atoms with van der Waals surface area (Å²) in [6.07, 6.45) is 1.80. The molecule has 0 amide bonds. The molecule has 3 rings (SSSR count). The monoisotopic (exact) mass is 294 g/mol. The van der Waals surface area contributed by atoms with E-state index in [1.54, 1.807) is 31.4 Å². The van der Waals surface area contributed by atoms with Crippen molar-refractivity contribution in [1.82, 2.24) is 0 Å². The number of nitrogens with zero attached hydrogens (tertiary/aromatic N) is 1. The van der Waals surface area contributed by atoms with Crippen molar-refractivity contribution in [2.75, 3.05) is 19.0 Å². The van der Waals surface area contributed by atoms with Gasteiger partial charge in [0.25, 0.3) is 0 Å². The number of fused-ring (bicyclic) bond motifs is 1. The Bertz CT molecular complexity index is 705. The van der Waals surface area contributed by atoms with Crippen molar-refractivity contribution >= 4 is 17.3 Å². The number of ketones is 1. The second-order valence-corrected chi connectivity index (χ2v) is 5.20. The topological polar surface area (TPSA) is 50.7 Å². The van der Waals surface area contributed by atoms with E-state index in [1.807, 2.05) is 18.2 Å². The zero-order valence-corrected chi connectivity index (χ0v) is 12.5. The highest BCUT2D eigenvalue weighted by atomic mass is 16.5. The van der Waals surface area contributed by atoms with Crippen LogP contribution in [-0.4, -0.2) is 25.3 Å². The number of aliphatic imine (C=N–C) groups is 1. The fraction of sp³-hybridized carbons (Fsp3) is 0.222. The van der Waals surface area contributed by atoms with Gasteiger partial charge in [-0.25, -0.2) is 0 Å². The van der Waals surface area contributed by atoms with Gasteiger partial charge in [0.2, 0.25) is 0 Å². The number of carbonyl (C=O) groups is 1. The molecule has 1 N–H and O–H groups in total. The van der Waals surface area contributed by atoms with E-state index >= 15 is 0 Å². The smallest absolute Gasteiger partial charge is 0.184 e. The highest BCUT2D eigenvalue weighted by Crippen LogP contribution is 2.22. The molecule has 4 nitrogen and oxygen atoms in total. The van der Waals surface area contributed by atoms with Gasteiger partial charge in [-0.2, -0.15) is 0 Å². The van der Waals surface area contributed by atoms with Crippen molar-refractivity contribution in [1.29, 1.82) is 0 Å². The van der Waals surface area contributed by atoms with E-state index in [2.05, 4.69) is 16.4 Å². The van der Waals surface area contributed by atoms with Gasteiger partial charge in [-0.1, -0.05) is 18.2 Å². The molecule has 0 fully saturated rings. The van der Waals surface area contributed by atoms with E-state index in [-0.39, 0.29) is 12.3 Å². The summed E-state index contributed by atoms with van der Waals surface area (Å²) in [6, 6.07) is 15.3. The molecule has 4 heteroatoms. The third kappa shape index (κ3) is 3.17. The number of rotatable bonds is 4. The van der Waals surface area contributed by atoms with E-state index in [0.717, 1.165) is 30.1 Å². The van der Waals surface area contributed by atoms with Gasteiger partial charge in [-0.15, -0.1) is 0 Å². The summed E-state index contributed by atoms with van der Waals surface area (Å²) in [7, 11) is 1.61. The van der Waals surface area contributed by atoms with Crippen LogP contribution in [0.15, 0.2) is 53.5 Å². The second kappa shape index (κ2) is 6.43. The Morgan fingerprint density at radius 2 is 1.91 bits per heavy atom. The number of para-hydroxylation sites is 1. The lowest BCUT2D eigenvalue weighted by Crippen LogP contribution is -2.21. The minimum absolute atomic E-state index is 0.0100. The van der Waals surface area contributed by atoms with E-state index in [4.69, 9.17) is 4.74 Å². The molecule has 0 spiro atoms. The lowest BCUT2D eigenvalue weighted by atomic mass is 10.0. The van der Waals surface area contributed by atoms with Crippen LogP contribution in [-0.2, 0) is 6.42 Å². The number of hydrogen-bond acceptors (Lipinski definition) is 3. The first kappa shape index (κ1) is 14.3. The van der Waals surface area contributed by atoms with Crippen molar-refractivity contribution in [3.63, 3.8) is 0 Å². The van der Waals surface area contributed by atoms with E-state index in [1.165, 1.54) is 5.56 Å². The molecule has 0 saturated heterocycles. The number of Topliss-reactive ketones (excluding diaryl/α,β-unsaturated/α-hetero) is 1. The Labute approximate surface area is 129 Å². The van der Waals surface area contributed by atoms with Gasteiger partial charge in [-0.05, 0) is 42.3 Å². The first-order valence-corrected chi connectivity index (χ1v) is 7.32. The number of methoxy groups -OCH3 is 1. The average molecular weight is 294 g/mol. The molecule has 0 atom stereocenters. The molecule has 1 aliphatic heterocycles. The van der Waals surface area contributed by atoms with Crippen LogP contribution in [0.25, 0.3) is 0 Å². The molecular weight excluding hydrogens is 276 g/mol. The Hall–Kier alpha value is -2.62. The van der Waals surface area contributed by atoms with Gasteiger partial charge in [-0.3, -0.25) is 9.79 Å². The van der Waals surface area contributed by atoms with Crippen molar-refractivity contribution in [3.8, 4) is 5.75 Å². The van der Waals surface area contributed by atoms with Crippen LogP contribution in [0.4, 0.5) is 5.69 Å². The zero-order valence-electron chi connectivity index (χ0n) is 12.5. The lowest BCUT2D eigenvalue weighted by molar-refractivity contribution is 0.100. The van der Waals surface area contributed by atoms with Crippen LogP contribution in [0.2, 0.25) is 0 Å². The first-order valence-electron chi connectivity index (χ1n) is 7.32. The summed E-state index contributed by atoms with van der Waals surface area (Å²) in [4.78, 5) is 16.6. The predicted molar refractivity (Wildman–Crippen MR) is 88.0 cm³/mol. The van der Waals surface area contributed by atoms with Crippen LogP contribution in [0.5, 0.6) is 5.75 Å². The highest BCUT2D eigenvalue weighted by Gasteiger charge is 2.13. The van der Waals surface area contributed by atoms with Gasteiger partial charge in [0.15, 0.2) is 5.78 Å². The quantitative estimate of drug-likeness (QED) is 0.880. The Kier molecular flexibility index (Phi) is 4.19. The number of anilines is 1. The molecule has 0 saturated carbocycles. The molecule has 2 aromatic carbocycles. The molecule has 0 bridgehead atoms. The van der Waals surface area contributed by atoms with Crippen LogP contribution in [0.1, 0.15) is 22.3 Å². The van der Waals surface area contributed by atoms with Crippen LogP contribution in [0, 0.1) is 0 Å². The Balaban J connectivity index is 1.65. The second-order valence-electron chi connectivity index (χ2n) is 5.20. The first-order chi connectivity index (χ1) is 10.8.